The molecule has 1 aliphatic rings. The van der Waals surface area contributed by atoms with E-state index in [2.05, 4.69) is 20.9 Å². The first-order chi connectivity index (χ1) is 13.1. The van der Waals surface area contributed by atoms with Gasteiger partial charge in [0.25, 0.3) is 0 Å². The fourth-order valence-electron chi connectivity index (χ4n) is 3.12. The monoisotopic (exact) mass is 426 g/mol. The van der Waals surface area contributed by atoms with Gasteiger partial charge in [-0.25, -0.2) is 9.78 Å². The molecule has 0 bridgehead atoms. The minimum atomic E-state index is -0.326. The molecule has 1 amide bonds. The maximum absolute atomic E-state index is 12.4. The van der Waals surface area contributed by atoms with Gasteiger partial charge >= 0.3 is 6.09 Å². The van der Waals surface area contributed by atoms with Gasteiger partial charge in [0.05, 0.1) is 6.54 Å². The Labute approximate surface area is 166 Å². The Morgan fingerprint density at radius 3 is 2.85 bits per heavy atom. The zero-order valence-corrected chi connectivity index (χ0v) is 16.5. The van der Waals surface area contributed by atoms with Gasteiger partial charge < -0.3 is 14.1 Å². The SMILES string of the molecule is Cc1c(Br)cccc1-c1nc2c(o1)CCN(C(=O)OCc1ccccc1)C2. The largest absolute Gasteiger partial charge is 0.445 e. The number of aromatic nitrogens is 1. The Kier molecular flexibility index (Phi) is 4.99. The highest BCUT2D eigenvalue weighted by Gasteiger charge is 2.27. The highest BCUT2D eigenvalue weighted by molar-refractivity contribution is 9.10. The number of oxazole rings is 1. The maximum Gasteiger partial charge on any atom is 0.410 e. The second kappa shape index (κ2) is 7.56. The van der Waals surface area contributed by atoms with Gasteiger partial charge in [-0.3, -0.25) is 0 Å². The molecule has 3 aromatic rings. The van der Waals surface area contributed by atoms with Crippen LogP contribution in [0.15, 0.2) is 57.4 Å². The van der Waals surface area contributed by atoms with Crippen molar-refractivity contribution in [3.8, 4) is 11.5 Å². The van der Waals surface area contributed by atoms with E-state index in [0.29, 0.717) is 25.4 Å². The molecule has 0 aliphatic carbocycles. The van der Waals surface area contributed by atoms with Gasteiger partial charge in [0.2, 0.25) is 5.89 Å². The molecule has 0 atom stereocenters. The molecule has 5 nitrogen and oxygen atoms in total. The summed E-state index contributed by atoms with van der Waals surface area (Å²) < 4.78 is 12.4. The van der Waals surface area contributed by atoms with Crippen molar-refractivity contribution in [2.45, 2.75) is 26.5 Å². The summed E-state index contributed by atoms with van der Waals surface area (Å²) in [6.07, 6.45) is 0.309. The molecule has 27 heavy (non-hydrogen) atoms. The highest BCUT2D eigenvalue weighted by atomic mass is 79.9. The van der Waals surface area contributed by atoms with Crippen LogP contribution in [-0.4, -0.2) is 22.5 Å². The molecular formula is C21H19BrN2O3. The fraction of sp³-hybridized carbons (Fsp3) is 0.238. The molecule has 6 heteroatoms. The summed E-state index contributed by atoms with van der Waals surface area (Å²) in [6.45, 7) is 3.26. The van der Waals surface area contributed by atoms with E-state index in [0.717, 1.165) is 32.6 Å². The van der Waals surface area contributed by atoms with E-state index in [1.54, 1.807) is 4.90 Å². The predicted octanol–water partition coefficient (Wildman–Crippen LogP) is 5.11. The lowest BCUT2D eigenvalue weighted by molar-refractivity contribution is 0.0904. The number of amides is 1. The van der Waals surface area contributed by atoms with Crippen LogP contribution in [0.25, 0.3) is 11.5 Å². The fourth-order valence-corrected chi connectivity index (χ4v) is 3.49. The zero-order chi connectivity index (χ0) is 18.8. The van der Waals surface area contributed by atoms with E-state index in [9.17, 15) is 4.79 Å². The van der Waals surface area contributed by atoms with E-state index >= 15 is 0 Å². The first kappa shape index (κ1) is 17.8. The summed E-state index contributed by atoms with van der Waals surface area (Å²) in [7, 11) is 0. The van der Waals surface area contributed by atoms with E-state index in [4.69, 9.17) is 9.15 Å². The molecule has 0 N–H and O–H groups in total. The second-order valence-corrected chi connectivity index (χ2v) is 7.37. The number of carbonyl (C=O) groups excluding carboxylic acids is 1. The van der Waals surface area contributed by atoms with Gasteiger partial charge in [-0.05, 0) is 30.2 Å². The molecule has 0 radical (unpaired) electrons. The molecule has 1 aliphatic heterocycles. The number of carbonyl (C=O) groups is 1. The average molecular weight is 427 g/mol. The van der Waals surface area contributed by atoms with Crippen molar-refractivity contribution < 1.29 is 13.9 Å². The molecule has 2 aromatic carbocycles. The Hall–Kier alpha value is -2.60. The molecule has 0 unspecified atom stereocenters. The number of nitrogens with zero attached hydrogens (tertiary/aromatic N) is 2. The molecule has 138 valence electrons. The van der Waals surface area contributed by atoms with Crippen molar-refractivity contribution in [3.05, 3.63) is 75.6 Å². The van der Waals surface area contributed by atoms with Crippen molar-refractivity contribution >= 4 is 22.0 Å². The number of hydrogen-bond donors (Lipinski definition) is 0. The molecule has 2 heterocycles. The van der Waals surface area contributed by atoms with Crippen molar-refractivity contribution in [1.29, 1.82) is 0 Å². The van der Waals surface area contributed by atoms with Crippen LogP contribution in [0.1, 0.15) is 22.6 Å². The van der Waals surface area contributed by atoms with Crippen LogP contribution >= 0.6 is 15.9 Å². The van der Waals surface area contributed by atoms with E-state index in [-0.39, 0.29) is 12.7 Å². The average Bonchev–Trinajstić information content (AvgIpc) is 3.12. The van der Waals surface area contributed by atoms with Gasteiger partial charge in [-0.1, -0.05) is 52.3 Å². The van der Waals surface area contributed by atoms with Crippen molar-refractivity contribution in [2.75, 3.05) is 6.54 Å². The lowest BCUT2D eigenvalue weighted by Gasteiger charge is -2.24. The summed E-state index contributed by atoms with van der Waals surface area (Å²) >= 11 is 3.54. The first-order valence-corrected chi connectivity index (χ1v) is 9.61. The van der Waals surface area contributed by atoms with Gasteiger partial charge in [-0.2, -0.15) is 0 Å². The van der Waals surface area contributed by atoms with Gasteiger partial charge in [0.1, 0.15) is 18.1 Å². The Morgan fingerprint density at radius 1 is 1.22 bits per heavy atom. The van der Waals surface area contributed by atoms with Crippen molar-refractivity contribution in [1.82, 2.24) is 9.88 Å². The third-order valence-corrected chi connectivity index (χ3v) is 5.55. The third-order valence-electron chi connectivity index (χ3n) is 4.69. The van der Waals surface area contributed by atoms with Gasteiger partial charge in [-0.15, -0.1) is 0 Å². The van der Waals surface area contributed by atoms with Crippen LogP contribution in [0.3, 0.4) is 0 Å². The third kappa shape index (κ3) is 3.76. The Balaban J connectivity index is 1.46. The number of hydrogen-bond acceptors (Lipinski definition) is 4. The smallest absolute Gasteiger partial charge is 0.410 e. The summed E-state index contributed by atoms with van der Waals surface area (Å²) in [5.74, 6) is 1.44. The van der Waals surface area contributed by atoms with Crippen molar-refractivity contribution in [2.24, 2.45) is 0 Å². The van der Waals surface area contributed by atoms with Gasteiger partial charge in [0, 0.05) is 23.0 Å². The second-order valence-electron chi connectivity index (χ2n) is 6.51. The standard InChI is InChI=1S/C21H19BrN2O3/c1-14-16(8-5-9-17(14)22)20-23-18-12-24(11-10-19(18)27-20)21(25)26-13-15-6-3-2-4-7-15/h2-9H,10-13H2,1H3. The van der Waals surface area contributed by atoms with Crippen molar-refractivity contribution in [3.63, 3.8) is 0 Å². The number of ether oxygens (including phenoxy) is 1. The maximum atomic E-state index is 12.4. The quantitative estimate of drug-likeness (QED) is 0.583. The topological polar surface area (TPSA) is 55.6 Å². The first-order valence-electron chi connectivity index (χ1n) is 8.81. The minimum absolute atomic E-state index is 0.268. The Morgan fingerprint density at radius 2 is 2.04 bits per heavy atom. The molecule has 0 saturated carbocycles. The van der Waals surface area contributed by atoms with Crippen LogP contribution in [0, 0.1) is 6.92 Å². The lowest BCUT2D eigenvalue weighted by Crippen LogP contribution is -2.36. The number of fused-ring (bicyclic) bond motifs is 1. The van der Waals surface area contributed by atoms with Crippen LogP contribution < -0.4 is 0 Å². The lowest BCUT2D eigenvalue weighted by atomic mass is 10.1. The summed E-state index contributed by atoms with van der Waals surface area (Å²) in [6, 6.07) is 15.6. The summed E-state index contributed by atoms with van der Waals surface area (Å²) in [4.78, 5) is 18.7. The predicted molar refractivity (Wildman–Crippen MR) is 105 cm³/mol. The normalized spacial score (nSPS) is 13.3. The van der Waals surface area contributed by atoms with Crippen LogP contribution in [0.5, 0.6) is 0 Å². The van der Waals surface area contributed by atoms with E-state index in [1.165, 1.54) is 0 Å². The van der Waals surface area contributed by atoms with Crippen LogP contribution in [0.2, 0.25) is 0 Å². The molecule has 1 aromatic heterocycles. The number of benzene rings is 2. The molecule has 0 saturated heterocycles. The summed E-state index contributed by atoms with van der Waals surface area (Å²) in [5, 5.41) is 0. The Bertz CT molecular complexity index is 969. The highest BCUT2D eigenvalue weighted by Crippen LogP contribution is 2.31. The summed E-state index contributed by atoms with van der Waals surface area (Å²) in [5.41, 5.74) is 3.80. The van der Waals surface area contributed by atoms with Crippen LogP contribution in [-0.2, 0) is 24.3 Å². The van der Waals surface area contributed by atoms with Gasteiger partial charge in [0.15, 0.2) is 0 Å². The molecule has 0 spiro atoms. The zero-order valence-electron chi connectivity index (χ0n) is 14.9. The molecular weight excluding hydrogens is 408 g/mol. The molecule has 0 fully saturated rings. The minimum Gasteiger partial charge on any atom is -0.445 e. The molecule has 4 rings (SSSR count). The van der Waals surface area contributed by atoms with E-state index in [1.807, 2.05) is 55.5 Å². The number of rotatable bonds is 3. The van der Waals surface area contributed by atoms with E-state index < -0.39 is 0 Å². The van der Waals surface area contributed by atoms with Crippen LogP contribution in [0.4, 0.5) is 4.79 Å². The number of halogens is 1.